The van der Waals surface area contributed by atoms with E-state index >= 15 is 0 Å². The van der Waals surface area contributed by atoms with Crippen molar-refractivity contribution in [1.82, 2.24) is 9.78 Å². The van der Waals surface area contributed by atoms with E-state index in [-0.39, 0.29) is 15.1 Å². The first kappa shape index (κ1) is 15.0. The molecular weight excluding hydrogens is 323 g/mol. The van der Waals surface area contributed by atoms with Crippen LogP contribution in [-0.2, 0) is 17.1 Å². The van der Waals surface area contributed by atoms with Crippen LogP contribution in [0.5, 0.6) is 0 Å². The van der Waals surface area contributed by atoms with Gasteiger partial charge >= 0.3 is 0 Å². The van der Waals surface area contributed by atoms with E-state index in [4.69, 9.17) is 28.9 Å². The molecule has 1 heterocycles. The predicted octanol–water partition coefficient (Wildman–Crippen LogP) is 2.42. The third-order valence-corrected chi connectivity index (χ3v) is 4.88. The standard InChI is InChI=1S/C11H12Cl2N4O2S/c1-6-3-9(14)7(12)4-10(6)16-20(18,19)11-8(13)5-15-17(11)2/h3-5,16H,14H2,1-2H3. The molecule has 0 radical (unpaired) electrons. The Balaban J connectivity index is 2.47. The summed E-state index contributed by atoms with van der Waals surface area (Å²) < 4.78 is 28.2. The first-order valence-corrected chi connectivity index (χ1v) is 7.72. The summed E-state index contributed by atoms with van der Waals surface area (Å²) in [4.78, 5) is 0. The molecule has 6 nitrogen and oxygen atoms in total. The molecule has 20 heavy (non-hydrogen) atoms. The summed E-state index contributed by atoms with van der Waals surface area (Å²) in [7, 11) is -2.38. The highest BCUT2D eigenvalue weighted by molar-refractivity contribution is 7.92. The SMILES string of the molecule is Cc1cc(N)c(Cl)cc1NS(=O)(=O)c1c(Cl)cnn1C. The van der Waals surface area contributed by atoms with Crippen LogP contribution in [0.4, 0.5) is 11.4 Å². The highest BCUT2D eigenvalue weighted by atomic mass is 35.5. The molecular formula is C11H12Cl2N4O2S. The number of benzene rings is 1. The maximum atomic E-state index is 12.3. The Bertz CT molecular complexity index is 751. The third-order valence-electron chi connectivity index (χ3n) is 2.69. The molecule has 2 aromatic rings. The van der Waals surface area contributed by atoms with E-state index in [1.807, 2.05) is 0 Å². The average Bonchev–Trinajstić information content (AvgIpc) is 2.66. The Labute approximate surface area is 126 Å². The van der Waals surface area contributed by atoms with Gasteiger partial charge in [0, 0.05) is 7.05 Å². The van der Waals surface area contributed by atoms with Crippen LogP contribution in [0.15, 0.2) is 23.4 Å². The van der Waals surface area contributed by atoms with Crippen LogP contribution in [-0.4, -0.2) is 18.2 Å². The minimum atomic E-state index is -3.86. The minimum absolute atomic E-state index is 0.0409. The largest absolute Gasteiger partial charge is 0.398 e. The maximum absolute atomic E-state index is 12.3. The molecule has 3 N–H and O–H groups in total. The molecule has 108 valence electrons. The highest BCUT2D eigenvalue weighted by Crippen LogP contribution is 2.29. The van der Waals surface area contributed by atoms with Crippen molar-refractivity contribution in [1.29, 1.82) is 0 Å². The van der Waals surface area contributed by atoms with Crippen LogP contribution in [0.3, 0.4) is 0 Å². The molecule has 1 aromatic heterocycles. The van der Waals surface area contributed by atoms with E-state index in [2.05, 4.69) is 9.82 Å². The molecule has 0 fully saturated rings. The van der Waals surface area contributed by atoms with Crippen molar-refractivity contribution in [3.8, 4) is 0 Å². The summed E-state index contributed by atoms with van der Waals surface area (Å²) in [6.45, 7) is 1.72. The van der Waals surface area contributed by atoms with Gasteiger partial charge in [0.1, 0.15) is 0 Å². The first-order chi connectivity index (χ1) is 9.22. The predicted molar refractivity (Wildman–Crippen MR) is 79.6 cm³/mol. The lowest BCUT2D eigenvalue weighted by molar-refractivity contribution is 0.582. The van der Waals surface area contributed by atoms with Crippen LogP contribution < -0.4 is 10.5 Å². The molecule has 0 amide bonds. The number of nitrogens with one attached hydrogen (secondary N) is 1. The molecule has 1 aromatic carbocycles. The van der Waals surface area contributed by atoms with Crippen LogP contribution in [0, 0.1) is 6.92 Å². The van der Waals surface area contributed by atoms with E-state index in [0.29, 0.717) is 16.9 Å². The lowest BCUT2D eigenvalue weighted by atomic mass is 10.2. The maximum Gasteiger partial charge on any atom is 0.280 e. The monoisotopic (exact) mass is 334 g/mol. The number of halogens is 2. The fourth-order valence-electron chi connectivity index (χ4n) is 1.71. The number of hydrogen-bond donors (Lipinski definition) is 2. The van der Waals surface area contributed by atoms with Gasteiger partial charge in [0.15, 0.2) is 5.03 Å². The summed E-state index contributed by atoms with van der Waals surface area (Å²) in [5, 5.41) is 3.99. The van der Waals surface area contributed by atoms with Crippen molar-refractivity contribution >= 4 is 44.6 Å². The molecule has 0 saturated carbocycles. The average molecular weight is 335 g/mol. The van der Waals surface area contributed by atoms with Gasteiger partial charge in [-0.25, -0.2) is 0 Å². The lowest BCUT2D eigenvalue weighted by Crippen LogP contribution is -2.17. The van der Waals surface area contributed by atoms with Gasteiger partial charge in [-0.2, -0.15) is 13.5 Å². The summed E-state index contributed by atoms with van der Waals surface area (Å²) in [6.07, 6.45) is 1.26. The zero-order valence-corrected chi connectivity index (χ0v) is 13.0. The van der Waals surface area contributed by atoms with Gasteiger partial charge in [0.05, 0.1) is 27.6 Å². The second-order valence-electron chi connectivity index (χ2n) is 4.22. The zero-order chi connectivity index (χ0) is 15.1. The number of nitrogen functional groups attached to an aromatic ring is 1. The molecule has 0 aliphatic heterocycles. The van der Waals surface area contributed by atoms with Crippen molar-refractivity contribution in [3.05, 3.63) is 33.9 Å². The molecule has 0 bridgehead atoms. The van der Waals surface area contributed by atoms with E-state index in [1.54, 1.807) is 13.0 Å². The Hall–Kier alpha value is -1.44. The molecule has 0 spiro atoms. The number of nitrogens with two attached hydrogens (primary N) is 1. The van der Waals surface area contributed by atoms with Gasteiger partial charge in [-0.1, -0.05) is 23.2 Å². The normalized spacial score (nSPS) is 11.6. The number of rotatable bonds is 3. The van der Waals surface area contributed by atoms with Gasteiger partial charge in [-0.15, -0.1) is 0 Å². The molecule has 0 saturated heterocycles. The van der Waals surface area contributed by atoms with Crippen molar-refractivity contribution in [2.24, 2.45) is 7.05 Å². The second-order valence-corrected chi connectivity index (χ2v) is 6.63. The van der Waals surface area contributed by atoms with Crippen molar-refractivity contribution in [2.45, 2.75) is 11.9 Å². The smallest absolute Gasteiger partial charge is 0.280 e. The number of sulfonamides is 1. The van der Waals surface area contributed by atoms with Gasteiger partial charge < -0.3 is 5.73 Å². The molecule has 0 unspecified atom stereocenters. The number of nitrogens with zero attached hydrogens (tertiary/aromatic N) is 2. The van der Waals surface area contributed by atoms with E-state index in [0.717, 1.165) is 0 Å². The highest BCUT2D eigenvalue weighted by Gasteiger charge is 2.23. The molecule has 0 atom stereocenters. The Kier molecular flexibility index (Phi) is 3.86. The molecule has 0 aliphatic carbocycles. The van der Waals surface area contributed by atoms with Gasteiger partial charge in [0.2, 0.25) is 0 Å². The van der Waals surface area contributed by atoms with Gasteiger partial charge in [-0.05, 0) is 24.6 Å². The van der Waals surface area contributed by atoms with Crippen LogP contribution in [0.2, 0.25) is 10.0 Å². The van der Waals surface area contributed by atoms with Gasteiger partial charge in [0.25, 0.3) is 10.0 Å². The second kappa shape index (κ2) is 5.16. The zero-order valence-electron chi connectivity index (χ0n) is 10.7. The first-order valence-electron chi connectivity index (χ1n) is 5.48. The van der Waals surface area contributed by atoms with E-state index in [9.17, 15) is 8.42 Å². The Morgan fingerprint density at radius 1 is 1.30 bits per heavy atom. The summed E-state index contributed by atoms with van der Waals surface area (Å²) in [5.41, 5.74) is 7.01. The molecule has 0 aliphatic rings. The topological polar surface area (TPSA) is 90.0 Å². The Morgan fingerprint density at radius 2 is 1.95 bits per heavy atom. The fourth-order valence-corrected chi connectivity index (χ4v) is 3.65. The molecule has 2 rings (SSSR count). The number of hydrogen-bond acceptors (Lipinski definition) is 4. The van der Waals surface area contributed by atoms with Crippen molar-refractivity contribution in [3.63, 3.8) is 0 Å². The lowest BCUT2D eigenvalue weighted by Gasteiger charge is -2.12. The van der Waals surface area contributed by atoms with E-state index < -0.39 is 10.0 Å². The summed E-state index contributed by atoms with van der Waals surface area (Å²) >= 11 is 11.7. The van der Waals surface area contributed by atoms with Crippen LogP contribution in [0.1, 0.15) is 5.56 Å². The quantitative estimate of drug-likeness (QED) is 0.843. The molecule has 9 heteroatoms. The number of aromatic nitrogens is 2. The number of aryl methyl sites for hydroxylation is 2. The fraction of sp³-hybridized carbons (Fsp3) is 0.182. The van der Waals surface area contributed by atoms with Crippen molar-refractivity contribution < 1.29 is 8.42 Å². The van der Waals surface area contributed by atoms with E-state index in [1.165, 1.54) is 24.0 Å². The number of anilines is 2. The summed E-state index contributed by atoms with van der Waals surface area (Å²) in [6, 6.07) is 3.04. The third kappa shape index (κ3) is 2.70. The van der Waals surface area contributed by atoms with Crippen LogP contribution >= 0.6 is 23.2 Å². The summed E-state index contributed by atoms with van der Waals surface area (Å²) in [5.74, 6) is 0. The minimum Gasteiger partial charge on any atom is -0.398 e. The van der Waals surface area contributed by atoms with Crippen LogP contribution in [0.25, 0.3) is 0 Å². The van der Waals surface area contributed by atoms with Gasteiger partial charge in [-0.3, -0.25) is 9.40 Å². The Morgan fingerprint density at radius 3 is 2.50 bits per heavy atom. The van der Waals surface area contributed by atoms with Crippen molar-refractivity contribution in [2.75, 3.05) is 10.5 Å².